The van der Waals surface area contributed by atoms with Gasteiger partial charge in [-0.25, -0.2) is 14.3 Å². The Bertz CT molecular complexity index is 875. The van der Waals surface area contributed by atoms with Crippen molar-refractivity contribution in [2.45, 2.75) is 105 Å². The van der Waals surface area contributed by atoms with Crippen LogP contribution in [0.2, 0.25) is 0 Å². The van der Waals surface area contributed by atoms with Gasteiger partial charge in [-0.15, -0.1) is 0 Å². The Morgan fingerprint density at radius 2 is 1.38 bits per heavy atom. The van der Waals surface area contributed by atoms with E-state index in [0.717, 1.165) is 16.6 Å². The molecule has 0 aliphatic rings. The van der Waals surface area contributed by atoms with E-state index in [1.807, 2.05) is 9.47 Å². The molecular formula is C24H40N3OP. The van der Waals surface area contributed by atoms with Gasteiger partial charge in [0.1, 0.15) is 5.57 Å². The van der Waals surface area contributed by atoms with Crippen molar-refractivity contribution in [1.82, 2.24) is 14.5 Å². The molecule has 1 aromatic carbocycles. The van der Waals surface area contributed by atoms with Crippen molar-refractivity contribution in [2.24, 2.45) is 0 Å². The highest BCUT2D eigenvalue weighted by atomic mass is 31.1. The van der Waals surface area contributed by atoms with Crippen LogP contribution in [-0.4, -0.2) is 42.9 Å². The number of fused-ring (bicyclic) bond motifs is 1. The van der Waals surface area contributed by atoms with Crippen LogP contribution < -0.4 is 5.57 Å². The van der Waals surface area contributed by atoms with Gasteiger partial charge in [0.05, 0.1) is 11.0 Å². The van der Waals surface area contributed by atoms with E-state index in [2.05, 4.69) is 95.2 Å². The summed E-state index contributed by atoms with van der Waals surface area (Å²) in [7, 11) is -0.716. The van der Waals surface area contributed by atoms with Crippen molar-refractivity contribution < 1.29 is 4.79 Å². The van der Waals surface area contributed by atoms with Gasteiger partial charge in [0, 0.05) is 12.1 Å². The lowest BCUT2D eigenvalue weighted by Crippen LogP contribution is -2.48. The molecule has 0 fully saturated rings. The Morgan fingerprint density at radius 3 is 1.79 bits per heavy atom. The average molecular weight is 418 g/mol. The number of hydrogen-bond donors (Lipinski definition) is 0. The Hall–Kier alpha value is -1.41. The lowest BCUT2D eigenvalue weighted by atomic mass is 10.1. The fourth-order valence-corrected chi connectivity index (χ4v) is 8.23. The molecule has 162 valence electrons. The van der Waals surface area contributed by atoms with Gasteiger partial charge in [0.25, 0.3) is 0 Å². The number of benzene rings is 1. The molecule has 2 aromatic rings. The van der Waals surface area contributed by atoms with Crippen LogP contribution in [0.3, 0.4) is 0 Å². The third-order valence-corrected chi connectivity index (χ3v) is 8.70. The van der Waals surface area contributed by atoms with Gasteiger partial charge in [-0.05, 0) is 83.0 Å². The Kier molecular flexibility index (Phi) is 6.60. The zero-order valence-electron chi connectivity index (χ0n) is 20.5. The summed E-state index contributed by atoms with van der Waals surface area (Å²) in [6.45, 7) is 26.2. The summed E-state index contributed by atoms with van der Waals surface area (Å²) >= 11 is 0. The smallest absolute Gasteiger partial charge is 0.319 e. The second-order valence-corrected chi connectivity index (χ2v) is 14.5. The maximum Gasteiger partial charge on any atom is 0.330 e. The van der Waals surface area contributed by atoms with E-state index < -0.39 is 7.92 Å². The Morgan fingerprint density at radius 1 is 0.931 bits per heavy atom. The van der Waals surface area contributed by atoms with Crippen LogP contribution in [0.1, 0.15) is 80.4 Å². The van der Waals surface area contributed by atoms with Gasteiger partial charge in [-0.2, -0.15) is 0 Å². The van der Waals surface area contributed by atoms with Crippen LogP contribution in [0.15, 0.2) is 12.1 Å². The molecule has 1 amide bonds. The molecule has 0 spiro atoms. The topological polar surface area (TPSA) is 38.1 Å². The summed E-state index contributed by atoms with van der Waals surface area (Å²) in [6.07, 6.45) is 0. The number of imidazole rings is 1. The van der Waals surface area contributed by atoms with E-state index in [-0.39, 0.29) is 28.4 Å². The number of amides is 1. The first-order chi connectivity index (χ1) is 13.1. The Labute approximate surface area is 178 Å². The van der Waals surface area contributed by atoms with Gasteiger partial charge >= 0.3 is 6.03 Å². The molecular weight excluding hydrogens is 377 g/mol. The molecule has 0 saturated carbocycles. The molecule has 0 N–H and O–H groups in total. The van der Waals surface area contributed by atoms with Gasteiger partial charge in [0.2, 0.25) is 0 Å². The molecule has 5 heteroatoms. The highest BCUT2D eigenvalue weighted by molar-refractivity contribution is 7.68. The number of carbonyl (C=O) groups is 1. The van der Waals surface area contributed by atoms with E-state index in [0.29, 0.717) is 0 Å². The van der Waals surface area contributed by atoms with E-state index >= 15 is 0 Å². The van der Waals surface area contributed by atoms with Gasteiger partial charge in [-0.3, -0.25) is 0 Å². The normalized spacial score (nSPS) is 13.2. The maximum atomic E-state index is 13.9. The molecule has 0 aliphatic heterocycles. The maximum absolute atomic E-state index is 13.9. The van der Waals surface area contributed by atoms with Gasteiger partial charge < -0.3 is 4.90 Å². The molecule has 1 heterocycles. The molecule has 0 unspecified atom stereocenters. The number of carbonyl (C=O) groups excluding carboxylic acids is 1. The van der Waals surface area contributed by atoms with Crippen molar-refractivity contribution in [3.05, 3.63) is 23.3 Å². The minimum Gasteiger partial charge on any atom is -0.319 e. The van der Waals surface area contributed by atoms with Crippen LogP contribution in [0.25, 0.3) is 11.0 Å². The number of hydrogen-bond acceptors (Lipinski definition) is 2. The minimum atomic E-state index is -0.716. The van der Waals surface area contributed by atoms with Crippen LogP contribution >= 0.6 is 7.92 Å². The van der Waals surface area contributed by atoms with Crippen LogP contribution in [0, 0.1) is 13.8 Å². The molecule has 0 radical (unpaired) electrons. The van der Waals surface area contributed by atoms with Gasteiger partial charge in [0.15, 0.2) is 0 Å². The predicted molar refractivity (Wildman–Crippen MR) is 128 cm³/mol. The highest BCUT2D eigenvalue weighted by Gasteiger charge is 2.41. The predicted octanol–water partition coefficient (Wildman–Crippen LogP) is 6.44. The third-order valence-electron chi connectivity index (χ3n) is 5.32. The van der Waals surface area contributed by atoms with Crippen LogP contribution in [0.4, 0.5) is 4.79 Å². The number of nitrogens with zero attached hydrogens (tertiary/aromatic N) is 3. The van der Waals surface area contributed by atoms with Gasteiger partial charge in [-0.1, -0.05) is 41.5 Å². The highest BCUT2D eigenvalue weighted by Crippen LogP contribution is 2.58. The molecule has 0 saturated heterocycles. The summed E-state index contributed by atoms with van der Waals surface area (Å²) in [5.74, 6) is 0. The Balaban J connectivity index is 2.92. The zero-order valence-corrected chi connectivity index (χ0v) is 21.4. The first kappa shape index (κ1) is 23.9. The zero-order chi connectivity index (χ0) is 22.5. The van der Waals surface area contributed by atoms with E-state index in [1.165, 1.54) is 11.1 Å². The monoisotopic (exact) mass is 417 g/mol. The number of aromatic nitrogens is 2. The number of rotatable bonds is 3. The lowest BCUT2D eigenvalue weighted by Gasteiger charge is -2.41. The summed E-state index contributed by atoms with van der Waals surface area (Å²) in [6, 6.07) is 4.55. The molecule has 2 rings (SSSR count). The molecule has 0 aliphatic carbocycles. The van der Waals surface area contributed by atoms with E-state index in [4.69, 9.17) is 4.98 Å². The van der Waals surface area contributed by atoms with E-state index in [9.17, 15) is 4.79 Å². The standard InChI is InChI=1S/C24H40N3OP/c1-15(2)26(16(3)4)22(28)27-20-14-18(6)17(5)13-19(20)25-21(27)29(23(7,8)9)24(10,11)12/h13-16H,1-12H3. The van der Waals surface area contributed by atoms with Crippen molar-refractivity contribution >= 4 is 30.6 Å². The first-order valence-corrected chi connectivity index (χ1v) is 12.0. The second kappa shape index (κ2) is 8.02. The van der Waals surface area contributed by atoms with Crippen molar-refractivity contribution in [3.8, 4) is 0 Å². The van der Waals surface area contributed by atoms with Crippen LogP contribution in [-0.2, 0) is 0 Å². The SMILES string of the molecule is Cc1cc2nc(P(C(C)(C)C)C(C)(C)C)n(C(=O)N(C(C)C)C(C)C)c2cc1C. The van der Waals surface area contributed by atoms with Crippen molar-refractivity contribution in [2.75, 3.05) is 0 Å². The van der Waals surface area contributed by atoms with E-state index in [1.54, 1.807) is 0 Å². The average Bonchev–Trinajstić information content (AvgIpc) is 2.81. The second-order valence-electron chi connectivity index (χ2n) is 10.7. The van der Waals surface area contributed by atoms with Crippen molar-refractivity contribution in [1.29, 1.82) is 0 Å². The molecule has 0 bridgehead atoms. The molecule has 29 heavy (non-hydrogen) atoms. The van der Waals surface area contributed by atoms with Crippen LogP contribution in [0.5, 0.6) is 0 Å². The summed E-state index contributed by atoms with van der Waals surface area (Å²) in [5.41, 5.74) is 5.19. The molecule has 4 nitrogen and oxygen atoms in total. The summed E-state index contributed by atoms with van der Waals surface area (Å²) in [4.78, 5) is 21.0. The lowest BCUT2D eigenvalue weighted by molar-refractivity contribution is 0.168. The summed E-state index contributed by atoms with van der Waals surface area (Å²) < 4.78 is 1.93. The van der Waals surface area contributed by atoms with Crippen molar-refractivity contribution in [3.63, 3.8) is 0 Å². The molecule has 1 aromatic heterocycles. The third kappa shape index (κ3) is 4.68. The first-order valence-electron chi connectivity index (χ1n) is 10.7. The number of aryl methyl sites for hydroxylation is 2. The largest absolute Gasteiger partial charge is 0.330 e. The molecule has 0 atom stereocenters. The fraction of sp³-hybridized carbons (Fsp3) is 0.667. The quantitative estimate of drug-likeness (QED) is 0.539. The fourth-order valence-electron chi connectivity index (χ4n) is 4.42. The summed E-state index contributed by atoms with van der Waals surface area (Å²) in [5, 5.41) is 0.0507. The minimum absolute atomic E-state index is 0.0254.